The average molecular weight is 242 g/mol. The van der Waals surface area contributed by atoms with Crippen LogP contribution in [-0.4, -0.2) is 11.5 Å². The van der Waals surface area contributed by atoms with E-state index in [1.54, 1.807) is 6.20 Å². The van der Waals surface area contributed by atoms with Crippen molar-refractivity contribution in [3.05, 3.63) is 53.9 Å². The summed E-state index contributed by atoms with van der Waals surface area (Å²) >= 11 is 0. The van der Waals surface area contributed by atoms with E-state index in [0.717, 1.165) is 30.2 Å². The van der Waals surface area contributed by atoms with Crippen molar-refractivity contribution in [3.8, 4) is 11.5 Å². The van der Waals surface area contributed by atoms with Crippen LogP contribution < -0.4 is 10.1 Å². The Morgan fingerprint density at radius 3 is 2.67 bits per heavy atom. The molecule has 0 bridgehead atoms. The van der Waals surface area contributed by atoms with Crippen LogP contribution in [0.3, 0.4) is 0 Å². The van der Waals surface area contributed by atoms with E-state index in [4.69, 9.17) is 4.74 Å². The topological polar surface area (TPSA) is 34.2 Å². The Hall–Kier alpha value is -1.87. The predicted octanol–water partition coefficient (Wildman–Crippen LogP) is 3.29. The molecule has 0 radical (unpaired) electrons. The van der Waals surface area contributed by atoms with Gasteiger partial charge in [0.05, 0.1) is 0 Å². The largest absolute Gasteiger partial charge is 0.457 e. The van der Waals surface area contributed by atoms with E-state index in [0.29, 0.717) is 0 Å². The van der Waals surface area contributed by atoms with Gasteiger partial charge in [0.1, 0.15) is 11.5 Å². The molecule has 0 aliphatic carbocycles. The van der Waals surface area contributed by atoms with E-state index in [1.165, 1.54) is 5.56 Å². The highest BCUT2D eigenvalue weighted by molar-refractivity contribution is 5.36. The zero-order valence-corrected chi connectivity index (χ0v) is 10.8. The molecule has 2 aromatic rings. The minimum Gasteiger partial charge on any atom is -0.457 e. The van der Waals surface area contributed by atoms with Gasteiger partial charge < -0.3 is 10.1 Å². The molecule has 94 valence electrons. The third-order valence-electron chi connectivity index (χ3n) is 2.67. The van der Waals surface area contributed by atoms with Gasteiger partial charge in [-0.05, 0) is 31.7 Å². The maximum Gasteiger partial charge on any atom is 0.134 e. The van der Waals surface area contributed by atoms with E-state index in [1.807, 2.05) is 36.5 Å². The summed E-state index contributed by atoms with van der Waals surface area (Å²) in [6.45, 7) is 5.84. The molecule has 2 rings (SSSR count). The number of nitrogens with zero attached hydrogens (tertiary/aromatic N) is 1. The summed E-state index contributed by atoms with van der Waals surface area (Å²) in [4.78, 5) is 4.13. The zero-order chi connectivity index (χ0) is 12.8. The quantitative estimate of drug-likeness (QED) is 0.873. The molecule has 0 aliphatic heterocycles. The van der Waals surface area contributed by atoms with Crippen LogP contribution >= 0.6 is 0 Å². The Bertz CT molecular complexity index is 494. The van der Waals surface area contributed by atoms with Crippen LogP contribution in [0.4, 0.5) is 0 Å². The van der Waals surface area contributed by atoms with Crippen LogP contribution in [-0.2, 0) is 6.54 Å². The highest BCUT2D eigenvalue weighted by Crippen LogP contribution is 2.24. The van der Waals surface area contributed by atoms with E-state index in [9.17, 15) is 0 Å². The molecule has 1 heterocycles. The van der Waals surface area contributed by atoms with E-state index in [-0.39, 0.29) is 0 Å². The summed E-state index contributed by atoms with van der Waals surface area (Å²) < 4.78 is 5.88. The van der Waals surface area contributed by atoms with Crippen molar-refractivity contribution in [2.45, 2.75) is 20.4 Å². The molecule has 18 heavy (non-hydrogen) atoms. The second-order valence-electron chi connectivity index (χ2n) is 4.18. The van der Waals surface area contributed by atoms with Crippen molar-refractivity contribution < 1.29 is 4.74 Å². The molecule has 0 atom stereocenters. The normalized spacial score (nSPS) is 10.3. The first kappa shape index (κ1) is 12.6. The molecule has 3 heteroatoms. The molecule has 0 unspecified atom stereocenters. The van der Waals surface area contributed by atoms with Gasteiger partial charge >= 0.3 is 0 Å². The smallest absolute Gasteiger partial charge is 0.134 e. The molecular formula is C15H18N2O. The standard InChI is InChI=1S/C15H18N2O/c1-3-16-10-13-11-17-9-8-15(13)18-14-6-4-12(2)5-7-14/h4-9,11,16H,3,10H2,1-2H3. The SMILES string of the molecule is CCNCc1cnccc1Oc1ccc(C)cc1. The Morgan fingerprint density at radius 2 is 1.94 bits per heavy atom. The lowest BCUT2D eigenvalue weighted by atomic mass is 10.2. The maximum absolute atomic E-state index is 5.88. The number of hydrogen-bond acceptors (Lipinski definition) is 3. The fourth-order valence-electron chi connectivity index (χ4n) is 1.64. The Labute approximate surface area is 108 Å². The minimum atomic E-state index is 0.769. The minimum absolute atomic E-state index is 0.769. The number of rotatable bonds is 5. The molecule has 0 amide bonds. The highest BCUT2D eigenvalue weighted by atomic mass is 16.5. The molecule has 0 spiro atoms. The summed E-state index contributed by atoms with van der Waals surface area (Å²) in [5.41, 5.74) is 2.30. The molecule has 0 saturated heterocycles. The summed E-state index contributed by atoms with van der Waals surface area (Å²) in [6.07, 6.45) is 3.59. The van der Waals surface area contributed by atoms with E-state index in [2.05, 4.69) is 24.1 Å². The maximum atomic E-state index is 5.88. The lowest BCUT2D eigenvalue weighted by Gasteiger charge is -2.11. The van der Waals surface area contributed by atoms with Gasteiger partial charge in [-0.2, -0.15) is 0 Å². The number of hydrogen-bond donors (Lipinski definition) is 1. The second-order valence-corrected chi connectivity index (χ2v) is 4.18. The van der Waals surface area contributed by atoms with Crippen molar-refractivity contribution in [2.75, 3.05) is 6.54 Å². The summed E-state index contributed by atoms with van der Waals surface area (Å²) in [5, 5.41) is 3.28. The monoisotopic (exact) mass is 242 g/mol. The molecule has 0 fully saturated rings. The van der Waals surface area contributed by atoms with Crippen LogP contribution in [0.25, 0.3) is 0 Å². The van der Waals surface area contributed by atoms with E-state index < -0.39 is 0 Å². The van der Waals surface area contributed by atoms with Crippen molar-refractivity contribution in [1.29, 1.82) is 0 Å². The Balaban J connectivity index is 2.15. The summed E-state index contributed by atoms with van der Waals surface area (Å²) in [7, 11) is 0. The van der Waals surface area contributed by atoms with Crippen LogP contribution in [0.15, 0.2) is 42.7 Å². The Morgan fingerprint density at radius 1 is 1.17 bits per heavy atom. The van der Waals surface area contributed by atoms with Crippen LogP contribution in [0, 0.1) is 6.92 Å². The lowest BCUT2D eigenvalue weighted by Crippen LogP contribution is -2.12. The van der Waals surface area contributed by atoms with Crippen molar-refractivity contribution in [1.82, 2.24) is 10.3 Å². The fourth-order valence-corrected chi connectivity index (χ4v) is 1.64. The number of nitrogens with one attached hydrogen (secondary N) is 1. The zero-order valence-electron chi connectivity index (χ0n) is 10.8. The highest BCUT2D eigenvalue weighted by Gasteiger charge is 2.04. The predicted molar refractivity (Wildman–Crippen MR) is 72.9 cm³/mol. The first-order chi connectivity index (χ1) is 8.79. The van der Waals surface area contributed by atoms with Gasteiger partial charge in [-0.3, -0.25) is 4.98 Å². The van der Waals surface area contributed by atoms with Gasteiger partial charge in [0.25, 0.3) is 0 Å². The third kappa shape index (κ3) is 3.31. The van der Waals surface area contributed by atoms with Crippen molar-refractivity contribution in [2.24, 2.45) is 0 Å². The lowest BCUT2D eigenvalue weighted by molar-refractivity contribution is 0.472. The van der Waals surface area contributed by atoms with Gasteiger partial charge in [-0.1, -0.05) is 24.6 Å². The molecule has 0 saturated carbocycles. The van der Waals surface area contributed by atoms with E-state index >= 15 is 0 Å². The summed E-state index contributed by atoms with van der Waals surface area (Å²) in [6, 6.07) is 9.94. The Kier molecular flexibility index (Phi) is 4.31. The number of ether oxygens (including phenoxy) is 1. The average Bonchev–Trinajstić information content (AvgIpc) is 2.40. The first-order valence-electron chi connectivity index (χ1n) is 6.17. The van der Waals surface area contributed by atoms with Crippen LogP contribution in [0.5, 0.6) is 11.5 Å². The van der Waals surface area contributed by atoms with Gasteiger partial charge in [-0.25, -0.2) is 0 Å². The van der Waals surface area contributed by atoms with Crippen LogP contribution in [0.1, 0.15) is 18.1 Å². The first-order valence-corrected chi connectivity index (χ1v) is 6.17. The van der Waals surface area contributed by atoms with Crippen molar-refractivity contribution in [3.63, 3.8) is 0 Å². The molecular weight excluding hydrogens is 224 g/mol. The fraction of sp³-hybridized carbons (Fsp3) is 0.267. The number of benzene rings is 1. The molecule has 1 aromatic heterocycles. The van der Waals surface area contributed by atoms with Crippen LogP contribution in [0.2, 0.25) is 0 Å². The summed E-state index contributed by atoms with van der Waals surface area (Å²) in [5.74, 6) is 1.71. The molecule has 3 nitrogen and oxygen atoms in total. The molecule has 1 N–H and O–H groups in total. The second kappa shape index (κ2) is 6.17. The molecule has 1 aromatic carbocycles. The third-order valence-corrected chi connectivity index (χ3v) is 2.67. The number of aryl methyl sites for hydroxylation is 1. The van der Waals surface area contributed by atoms with Gasteiger partial charge in [-0.15, -0.1) is 0 Å². The van der Waals surface area contributed by atoms with Gasteiger partial charge in [0.2, 0.25) is 0 Å². The van der Waals surface area contributed by atoms with Gasteiger partial charge in [0, 0.05) is 24.5 Å². The molecule has 0 aliphatic rings. The number of pyridine rings is 1. The van der Waals surface area contributed by atoms with Gasteiger partial charge in [0.15, 0.2) is 0 Å². The number of aromatic nitrogens is 1. The van der Waals surface area contributed by atoms with Crippen molar-refractivity contribution >= 4 is 0 Å².